The minimum absolute atomic E-state index is 0.363. The lowest BCUT2D eigenvalue weighted by atomic mass is 10.0. The van der Waals surface area contributed by atoms with Crippen LogP contribution in [0.25, 0.3) is 0 Å². The van der Waals surface area contributed by atoms with Crippen LogP contribution in [-0.2, 0) is 6.42 Å². The summed E-state index contributed by atoms with van der Waals surface area (Å²) in [7, 11) is 3.95. The van der Waals surface area contributed by atoms with Gasteiger partial charge in [-0.25, -0.2) is 9.98 Å². The Morgan fingerprint density at radius 3 is 2.81 bits per heavy atom. The van der Waals surface area contributed by atoms with Crippen LogP contribution in [0, 0.1) is 6.92 Å². The van der Waals surface area contributed by atoms with Crippen molar-refractivity contribution in [2.24, 2.45) is 4.99 Å². The summed E-state index contributed by atoms with van der Waals surface area (Å²) in [6, 6.07) is 16.9. The quantitative estimate of drug-likeness (QED) is 0.661. The van der Waals surface area contributed by atoms with Crippen LogP contribution in [0.15, 0.2) is 53.5 Å². The van der Waals surface area contributed by atoms with Crippen LogP contribution in [-0.4, -0.2) is 60.5 Å². The Bertz CT molecular complexity index is 1120. The molecule has 1 fully saturated rings. The highest BCUT2D eigenvalue weighted by Crippen LogP contribution is 2.38. The minimum atomic E-state index is 0.363. The maximum Gasteiger partial charge on any atom is 0.158 e. The number of piperazine rings is 1. The van der Waals surface area contributed by atoms with E-state index in [1.807, 2.05) is 24.3 Å². The number of rotatable bonds is 3. The van der Waals surface area contributed by atoms with E-state index in [4.69, 9.17) is 14.7 Å². The van der Waals surface area contributed by atoms with Crippen molar-refractivity contribution in [2.45, 2.75) is 19.4 Å². The molecule has 0 radical (unpaired) electrons. The summed E-state index contributed by atoms with van der Waals surface area (Å²) < 4.78 is 5.60. The Morgan fingerprint density at radius 2 is 1.94 bits per heavy atom. The van der Waals surface area contributed by atoms with Gasteiger partial charge >= 0.3 is 0 Å². The number of aliphatic imine (C=N–C) groups is 1. The molecule has 5 rings (SSSR count). The molecule has 1 saturated heterocycles. The Hall–Kier alpha value is -2.90. The van der Waals surface area contributed by atoms with Crippen LogP contribution in [0.1, 0.15) is 16.3 Å². The van der Waals surface area contributed by atoms with E-state index in [0.29, 0.717) is 6.04 Å². The largest absolute Gasteiger partial charge is 0.496 e. The van der Waals surface area contributed by atoms with Gasteiger partial charge < -0.3 is 15.0 Å². The molecule has 3 heterocycles. The first-order chi connectivity index (χ1) is 15.1. The zero-order valence-electron chi connectivity index (χ0n) is 18.1. The second kappa shape index (κ2) is 8.32. The Balaban J connectivity index is 1.48. The van der Waals surface area contributed by atoms with E-state index in [2.05, 4.69) is 53.4 Å². The summed E-state index contributed by atoms with van der Waals surface area (Å²) >= 11 is 1.69. The van der Waals surface area contributed by atoms with Gasteiger partial charge in [0.2, 0.25) is 0 Å². The predicted octanol–water partition coefficient (Wildman–Crippen LogP) is 4.45. The molecule has 0 spiro atoms. The van der Waals surface area contributed by atoms with Crippen molar-refractivity contribution in [2.75, 3.05) is 39.1 Å². The Kier molecular flexibility index (Phi) is 5.38. The fraction of sp³-hybridized carbons (Fsp3) is 0.333. The fourth-order valence-corrected chi connectivity index (χ4v) is 5.16. The average Bonchev–Trinajstić information content (AvgIpc) is 3.07. The van der Waals surface area contributed by atoms with Crippen LogP contribution in [0.5, 0.6) is 5.75 Å². The van der Waals surface area contributed by atoms with Gasteiger partial charge in [-0.15, -0.1) is 11.3 Å². The summed E-state index contributed by atoms with van der Waals surface area (Å²) in [4.78, 5) is 14.8. The highest BCUT2D eigenvalue weighted by molar-refractivity contribution is 7.16. The molecule has 7 heteroatoms. The molecule has 0 aliphatic carbocycles. The van der Waals surface area contributed by atoms with Crippen LogP contribution in [0.4, 0.5) is 16.4 Å². The lowest BCUT2D eigenvalue weighted by Gasteiger charge is -2.40. The van der Waals surface area contributed by atoms with Gasteiger partial charge in [-0.05, 0) is 44.2 Å². The number of anilines is 2. The minimum Gasteiger partial charge on any atom is -0.496 e. The van der Waals surface area contributed by atoms with E-state index in [1.54, 1.807) is 18.4 Å². The molecule has 3 aromatic rings. The highest BCUT2D eigenvalue weighted by Gasteiger charge is 2.31. The van der Waals surface area contributed by atoms with E-state index < -0.39 is 0 Å². The maximum atomic E-state index is 5.60. The van der Waals surface area contributed by atoms with Gasteiger partial charge in [0.1, 0.15) is 16.4 Å². The number of amidine groups is 1. The number of ether oxygens (including phenoxy) is 1. The zero-order chi connectivity index (χ0) is 21.4. The first-order valence-electron chi connectivity index (χ1n) is 10.6. The van der Waals surface area contributed by atoms with Crippen molar-refractivity contribution in [3.05, 3.63) is 64.8 Å². The topological polar surface area (TPSA) is 53.0 Å². The van der Waals surface area contributed by atoms with Crippen molar-refractivity contribution >= 4 is 33.5 Å². The summed E-state index contributed by atoms with van der Waals surface area (Å²) in [5.41, 5.74) is 4.19. The lowest BCUT2D eigenvalue weighted by molar-refractivity contribution is 0.140. The smallest absolute Gasteiger partial charge is 0.158 e. The number of para-hydroxylation sites is 3. The molecule has 31 heavy (non-hydrogen) atoms. The number of hydrogen-bond donors (Lipinski definition) is 1. The Morgan fingerprint density at radius 1 is 1.13 bits per heavy atom. The van der Waals surface area contributed by atoms with Gasteiger partial charge in [0.15, 0.2) is 5.84 Å². The molecule has 1 atom stereocenters. The third-order valence-corrected chi connectivity index (χ3v) is 6.94. The van der Waals surface area contributed by atoms with Gasteiger partial charge in [-0.1, -0.05) is 30.3 Å². The van der Waals surface area contributed by atoms with Gasteiger partial charge in [-0.3, -0.25) is 4.90 Å². The molecule has 1 aromatic heterocycles. The van der Waals surface area contributed by atoms with Crippen molar-refractivity contribution in [1.29, 1.82) is 0 Å². The van der Waals surface area contributed by atoms with Gasteiger partial charge in [0.25, 0.3) is 0 Å². The van der Waals surface area contributed by atoms with Crippen molar-refractivity contribution in [3.63, 3.8) is 0 Å². The second-order valence-corrected chi connectivity index (χ2v) is 9.29. The molecule has 2 aliphatic rings. The number of fused-ring (bicyclic) bond motifs is 2. The van der Waals surface area contributed by atoms with Crippen LogP contribution in [0.3, 0.4) is 0 Å². The fourth-order valence-electron chi connectivity index (χ4n) is 4.33. The maximum absolute atomic E-state index is 5.60. The van der Waals surface area contributed by atoms with Gasteiger partial charge in [0, 0.05) is 25.7 Å². The van der Waals surface area contributed by atoms with E-state index in [0.717, 1.165) is 64.7 Å². The third kappa shape index (κ3) is 3.91. The molecule has 2 aromatic carbocycles. The van der Waals surface area contributed by atoms with Crippen molar-refractivity contribution < 1.29 is 4.74 Å². The first kappa shape index (κ1) is 20.0. The number of likely N-dealkylation sites (N-methyl/N-ethyl adjacent to an activating group) is 1. The molecule has 0 bridgehead atoms. The van der Waals surface area contributed by atoms with Crippen molar-refractivity contribution in [3.8, 4) is 5.75 Å². The second-order valence-electron chi connectivity index (χ2n) is 8.08. The van der Waals surface area contributed by atoms with E-state index in [9.17, 15) is 0 Å². The number of hydrogen-bond acceptors (Lipinski definition) is 7. The molecule has 6 nitrogen and oxygen atoms in total. The summed E-state index contributed by atoms with van der Waals surface area (Å²) in [6.45, 7) is 4.85. The SMILES string of the molecule is COc1ccccc1C[C@H]1CN(C2=Nc3ccccc3Nc3sc(C)nc32)CCN1C. The summed E-state index contributed by atoms with van der Waals surface area (Å²) in [5, 5.41) is 5.67. The molecule has 1 N–H and O–H groups in total. The van der Waals surface area contributed by atoms with Crippen molar-refractivity contribution in [1.82, 2.24) is 14.8 Å². The van der Waals surface area contributed by atoms with Crippen LogP contribution in [0.2, 0.25) is 0 Å². The van der Waals surface area contributed by atoms with Crippen LogP contribution < -0.4 is 10.1 Å². The first-order valence-corrected chi connectivity index (χ1v) is 11.4. The number of benzene rings is 2. The number of aromatic nitrogens is 1. The zero-order valence-corrected chi connectivity index (χ0v) is 18.9. The van der Waals surface area contributed by atoms with Gasteiger partial charge in [0.05, 0.1) is 23.5 Å². The molecule has 0 unspecified atom stereocenters. The molecule has 0 saturated carbocycles. The number of thiazole rings is 1. The molecule has 160 valence electrons. The summed E-state index contributed by atoms with van der Waals surface area (Å²) in [5.74, 6) is 1.92. The van der Waals surface area contributed by atoms with E-state index in [1.165, 1.54) is 5.56 Å². The lowest BCUT2D eigenvalue weighted by Crippen LogP contribution is -2.54. The highest BCUT2D eigenvalue weighted by atomic mass is 32.1. The Labute approximate surface area is 187 Å². The third-order valence-electron chi connectivity index (χ3n) is 6.05. The van der Waals surface area contributed by atoms with E-state index >= 15 is 0 Å². The number of methoxy groups -OCH3 is 1. The monoisotopic (exact) mass is 433 g/mol. The molecule has 2 aliphatic heterocycles. The number of aryl methyl sites for hydroxylation is 1. The number of nitrogens with zero attached hydrogens (tertiary/aromatic N) is 4. The van der Waals surface area contributed by atoms with Gasteiger partial charge in [-0.2, -0.15) is 0 Å². The number of nitrogens with one attached hydrogen (secondary N) is 1. The standard InChI is InChI=1S/C24H27N5OS/c1-16-25-22-23(26-19-9-5-6-10-20(19)27-24(22)31-16)29-13-12-28(2)18(15-29)14-17-8-4-7-11-21(17)30-3/h4-11,18,27H,12-15H2,1-3H3/t18-/m0/s1. The molecule has 0 amide bonds. The summed E-state index contributed by atoms with van der Waals surface area (Å²) in [6.07, 6.45) is 0.933. The van der Waals surface area contributed by atoms with E-state index in [-0.39, 0.29) is 0 Å². The predicted molar refractivity (Wildman–Crippen MR) is 127 cm³/mol. The normalized spacial score (nSPS) is 18.5. The average molecular weight is 434 g/mol. The molecular weight excluding hydrogens is 406 g/mol. The molecular formula is C24H27N5OS. The van der Waals surface area contributed by atoms with Crippen LogP contribution >= 0.6 is 11.3 Å².